The lowest BCUT2D eigenvalue weighted by molar-refractivity contribution is 0.0956. The lowest BCUT2D eigenvalue weighted by Gasteiger charge is -2.09. The first-order valence-electron chi connectivity index (χ1n) is 7.14. The smallest absolute Gasteiger partial charge is 0.271 e. The molecule has 9 heteroatoms. The van der Waals surface area contributed by atoms with Gasteiger partial charge in [-0.25, -0.2) is 15.0 Å². The highest BCUT2D eigenvalue weighted by molar-refractivity contribution is 7.60. The first-order valence-corrected chi connectivity index (χ1v) is 9.88. The summed E-state index contributed by atoms with van der Waals surface area (Å²) in [6, 6.07) is 1.73. The Morgan fingerprint density at radius 3 is 3.08 bits per heavy atom. The number of nitrogens with zero attached hydrogens (tertiary/aromatic N) is 3. The molecule has 124 valence electrons. The number of aromatic nitrogens is 3. The number of allylic oxidation sites excluding steroid dienone is 2. The molecule has 0 saturated carbocycles. The summed E-state index contributed by atoms with van der Waals surface area (Å²) in [6.07, 6.45) is 7.57. The molecular formula is C15H16N5O2PS. The molecule has 2 aromatic heterocycles. The number of rotatable bonds is 6. The lowest BCUT2D eigenvalue weighted by atomic mass is 10.4. The zero-order valence-electron chi connectivity index (χ0n) is 12.9. The number of carbonyl (C=O) groups is 1. The Bertz CT molecular complexity index is 816. The molecule has 0 aliphatic carbocycles. The summed E-state index contributed by atoms with van der Waals surface area (Å²) in [5, 5.41) is 8.30. The van der Waals surface area contributed by atoms with Gasteiger partial charge in [0, 0.05) is 17.9 Å². The largest absolute Gasteiger partial charge is 0.497 e. The third-order valence-corrected chi connectivity index (χ3v) is 5.70. The fourth-order valence-electron chi connectivity index (χ4n) is 1.93. The van der Waals surface area contributed by atoms with E-state index in [4.69, 9.17) is 4.74 Å². The topological polar surface area (TPSA) is 89.0 Å². The number of amides is 1. The van der Waals surface area contributed by atoms with E-state index in [0.29, 0.717) is 22.9 Å². The minimum atomic E-state index is -0.885. The minimum absolute atomic E-state index is 0.178. The summed E-state index contributed by atoms with van der Waals surface area (Å²) in [5.41, 5.74) is 0.395. The van der Waals surface area contributed by atoms with Gasteiger partial charge in [0.15, 0.2) is 5.13 Å². The predicted molar refractivity (Wildman–Crippen MR) is 98.4 cm³/mol. The molecule has 3 heterocycles. The van der Waals surface area contributed by atoms with Crippen molar-refractivity contribution in [3.8, 4) is 0 Å². The van der Waals surface area contributed by atoms with Gasteiger partial charge in [-0.15, -0.1) is 11.3 Å². The third-order valence-electron chi connectivity index (χ3n) is 3.17. The molecule has 1 atom stereocenters. The number of hydrogen-bond acceptors (Lipinski definition) is 7. The van der Waals surface area contributed by atoms with Crippen molar-refractivity contribution in [2.45, 2.75) is 0 Å². The Balaban J connectivity index is 1.56. The van der Waals surface area contributed by atoms with Crippen LogP contribution in [0.4, 0.5) is 10.9 Å². The van der Waals surface area contributed by atoms with E-state index in [1.165, 1.54) is 17.7 Å². The van der Waals surface area contributed by atoms with Crippen molar-refractivity contribution in [2.75, 3.05) is 18.7 Å². The van der Waals surface area contributed by atoms with E-state index < -0.39 is 7.55 Å². The molecule has 0 spiro atoms. The first kappa shape index (κ1) is 16.4. The van der Waals surface area contributed by atoms with Gasteiger partial charge in [0.25, 0.3) is 5.91 Å². The molecule has 1 amide bonds. The molecule has 0 bridgehead atoms. The number of thiazole rings is 1. The van der Waals surface area contributed by atoms with Gasteiger partial charge in [0.2, 0.25) is 0 Å². The number of nitrogens with one attached hydrogen (secondary N) is 2. The van der Waals surface area contributed by atoms with Gasteiger partial charge in [-0.1, -0.05) is 19.2 Å². The molecule has 1 aliphatic heterocycles. The van der Waals surface area contributed by atoms with Crippen LogP contribution < -0.4 is 10.6 Å². The second kappa shape index (κ2) is 7.90. The van der Waals surface area contributed by atoms with Crippen LogP contribution in [0.15, 0.2) is 47.7 Å². The lowest BCUT2D eigenvalue weighted by Crippen LogP contribution is -2.23. The Hall–Kier alpha value is -2.44. The van der Waals surface area contributed by atoms with Crippen LogP contribution in [0, 0.1) is 0 Å². The quantitative estimate of drug-likeness (QED) is 0.768. The van der Waals surface area contributed by atoms with E-state index in [2.05, 4.69) is 37.2 Å². The molecule has 0 radical (unpaired) electrons. The van der Waals surface area contributed by atoms with E-state index >= 15 is 0 Å². The number of anilines is 2. The highest BCUT2D eigenvalue weighted by Crippen LogP contribution is 2.27. The summed E-state index contributed by atoms with van der Waals surface area (Å²) in [6.45, 7) is 0. The maximum atomic E-state index is 12.2. The molecule has 7 nitrogen and oxygen atoms in total. The van der Waals surface area contributed by atoms with E-state index in [0.717, 1.165) is 5.76 Å². The van der Waals surface area contributed by atoms with Crippen molar-refractivity contribution in [2.24, 2.45) is 0 Å². The van der Waals surface area contributed by atoms with E-state index in [-0.39, 0.29) is 5.91 Å². The Morgan fingerprint density at radius 1 is 1.46 bits per heavy atom. The van der Waals surface area contributed by atoms with Gasteiger partial charge < -0.3 is 15.4 Å². The van der Waals surface area contributed by atoms with Crippen LogP contribution in [0.3, 0.4) is 0 Å². The second-order valence-electron chi connectivity index (χ2n) is 4.79. The van der Waals surface area contributed by atoms with Crippen LogP contribution in [0.25, 0.3) is 0 Å². The number of methoxy groups -OCH3 is 1. The number of ether oxygens (including phenoxy) is 1. The zero-order valence-corrected chi connectivity index (χ0v) is 14.7. The molecule has 1 unspecified atom stereocenters. The summed E-state index contributed by atoms with van der Waals surface area (Å²) in [5.74, 6) is 5.47. The van der Waals surface area contributed by atoms with Crippen LogP contribution in [-0.2, 0) is 4.74 Å². The fraction of sp³-hybridized carbons (Fsp3) is 0.133. The molecule has 0 aromatic carbocycles. The van der Waals surface area contributed by atoms with Gasteiger partial charge in [0.1, 0.15) is 23.6 Å². The summed E-state index contributed by atoms with van der Waals surface area (Å²) in [4.78, 5) is 24.4. The van der Waals surface area contributed by atoms with Crippen molar-refractivity contribution < 1.29 is 9.53 Å². The van der Waals surface area contributed by atoms with Crippen LogP contribution in [0.1, 0.15) is 10.5 Å². The highest BCUT2D eigenvalue weighted by atomic mass is 32.1. The summed E-state index contributed by atoms with van der Waals surface area (Å²) >= 11 is 1.35. The average Bonchev–Trinajstić information content (AvgIpc) is 3.09. The highest BCUT2D eigenvalue weighted by Gasteiger charge is 2.11. The van der Waals surface area contributed by atoms with Gasteiger partial charge in [-0.3, -0.25) is 4.79 Å². The Kier molecular flexibility index (Phi) is 5.40. The molecule has 2 aromatic rings. The molecule has 0 saturated heterocycles. The SMILES string of the molecule is COC1=CC=[PH](CNC(=O)c2csc(Nc3ccncn3)n2)C=C1. The van der Waals surface area contributed by atoms with Crippen LogP contribution >= 0.6 is 18.9 Å². The summed E-state index contributed by atoms with van der Waals surface area (Å²) < 4.78 is 5.13. The van der Waals surface area contributed by atoms with Crippen molar-refractivity contribution >= 4 is 41.5 Å². The first-order chi connectivity index (χ1) is 11.7. The van der Waals surface area contributed by atoms with Gasteiger partial charge in [-0.2, -0.15) is 0 Å². The molecule has 3 rings (SSSR count). The van der Waals surface area contributed by atoms with Crippen LogP contribution in [-0.4, -0.2) is 40.1 Å². The maximum Gasteiger partial charge on any atom is 0.271 e. The minimum Gasteiger partial charge on any atom is -0.497 e. The Morgan fingerprint density at radius 2 is 2.38 bits per heavy atom. The van der Waals surface area contributed by atoms with Gasteiger partial charge in [0.05, 0.1) is 7.11 Å². The molecule has 0 fully saturated rings. The Labute approximate surface area is 143 Å². The number of hydrogen-bond donors (Lipinski definition) is 2. The second-order valence-corrected chi connectivity index (χ2v) is 7.82. The van der Waals surface area contributed by atoms with Crippen LogP contribution in [0.5, 0.6) is 0 Å². The normalized spacial score (nSPS) is 16.0. The third kappa shape index (κ3) is 4.31. The van der Waals surface area contributed by atoms with Gasteiger partial charge in [-0.05, 0) is 18.2 Å². The van der Waals surface area contributed by atoms with E-state index in [9.17, 15) is 4.79 Å². The van der Waals surface area contributed by atoms with Crippen molar-refractivity contribution in [1.29, 1.82) is 0 Å². The monoisotopic (exact) mass is 361 g/mol. The molecule has 1 aliphatic rings. The average molecular weight is 361 g/mol. The van der Waals surface area contributed by atoms with Crippen molar-refractivity contribution in [1.82, 2.24) is 20.3 Å². The standard InChI is InChI=1S/C15H16N5O2PS/c1-22-11-3-6-23(7-4-11)10-18-14(21)12-8-24-15(19-12)20-13-2-5-16-9-17-13/h2-9,23H,10H2,1H3,(H,18,21)(H,16,17,19,20). The molecule has 24 heavy (non-hydrogen) atoms. The summed E-state index contributed by atoms with van der Waals surface area (Å²) in [7, 11) is 0.753. The maximum absolute atomic E-state index is 12.2. The molecule has 2 N–H and O–H groups in total. The van der Waals surface area contributed by atoms with E-state index in [1.807, 2.05) is 12.2 Å². The molecular weight excluding hydrogens is 345 g/mol. The fourth-order valence-corrected chi connectivity index (χ4v) is 4.09. The number of carbonyl (C=O) groups excluding carboxylic acids is 1. The zero-order chi connectivity index (χ0) is 16.8. The van der Waals surface area contributed by atoms with Crippen molar-refractivity contribution in [3.05, 3.63) is 53.4 Å². The van der Waals surface area contributed by atoms with Crippen molar-refractivity contribution in [3.63, 3.8) is 0 Å². The van der Waals surface area contributed by atoms with Crippen LogP contribution in [0.2, 0.25) is 0 Å². The van der Waals surface area contributed by atoms with Gasteiger partial charge >= 0.3 is 0 Å². The predicted octanol–water partition coefficient (Wildman–Crippen LogP) is 2.44. The van der Waals surface area contributed by atoms with E-state index in [1.54, 1.807) is 24.8 Å².